The van der Waals surface area contributed by atoms with E-state index in [9.17, 15) is 0 Å². The minimum atomic E-state index is 0.643. The predicted molar refractivity (Wildman–Crippen MR) is 112 cm³/mol. The number of hydrogen-bond donors (Lipinski definition) is 1. The van der Waals surface area contributed by atoms with E-state index in [1.165, 1.54) is 16.8 Å². The first-order chi connectivity index (χ1) is 13.2. The molecule has 5 heteroatoms. The maximum Gasteiger partial charge on any atom is 0.229 e. The van der Waals surface area contributed by atoms with Gasteiger partial charge in [-0.1, -0.05) is 35.9 Å². The van der Waals surface area contributed by atoms with Gasteiger partial charge in [-0.3, -0.25) is 0 Å². The number of para-hydroxylation sites is 1. The number of anilines is 4. The molecule has 0 amide bonds. The molecule has 0 radical (unpaired) electrons. The molecule has 0 bridgehead atoms. The van der Waals surface area contributed by atoms with E-state index in [1.54, 1.807) is 0 Å². The zero-order chi connectivity index (χ0) is 18.6. The quantitative estimate of drug-likeness (QED) is 0.758. The Balaban J connectivity index is 1.44. The first kappa shape index (κ1) is 17.3. The summed E-state index contributed by atoms with van der Waals surface area (Å²) in [6.07, 6.45) is 1.83. The van der Waals surface area contributed by atoms with Crippen LogP contribution >= 0.6 is 0 Å². The summed E-state index contributed by atoms with van der Waals surface area (Å²) in [5.41, 5.74) is 4.79. The summed E-state index contributed by atoms with van der Waals surface area (Å²) in [4.78, 5) is 13.9. The molecule has 2 aromatic carbocycles. The molecular weight excluding hydrogens is 334 g/mol. The second kappa shape index (κ2) is 7.66. The SMILES string of the molecule is Cc1ccc(Nc2nccc(N3CCN(c4ccccc4)CC3)n2)c(C)c1. The highest BCUT2D eigenvalue weighted by Crippen LogP contribution is 2.22. The van der Waals surface area contributed by atoms with E-state index in [0.29, 0.717) is 5.95 Å². The molecule has 138 valence electrons. The summed E-state index contributed by atoms with van der Waals surface area (Å²) in [6, 6.07) is 18.9. The number of piperazine rings is 1. The number of nitrogens with zero attached hydrogens (tertiary/aromatic N) is 4. The van der Waals surface area contributed by atoms with Gasteiger partial charge in [0.2, 0.25) is 5.95 Å². The fourth-order valence-electron chi connectivity index (χ4n) is 3.49. The molecule has 1 aliphatic rings. The number of nitrogens with one attached hydrogen (secondary N) is 1. The Morgan fingerprint density at radius 3 is 2.33 bits per heavy atom. The van der Waals surface area contributed by atoms with Gasteiger partial charge < -0.3 is 15.1 Å². The Morgan fingerprint density at radius 1 is 0.852 bits per heavy atom. The molecule has 3 aromatic rings. The van der Waals surface area contributed by atoms with Crippen LogP contribution in [0.25, 0.3) is 0 Å². The third-order valence-electron chi connectivity index (χ3n) is 4.99. The highest BCUT2D eigenvalue weighted by atomic mass is 15.3. The fraction of sp³-hybridized carbons (Fsp3) is 0.273. The van der Waals surface area contributed by atoms with Crippen LogP contribution in [0.15, 0.2) is 60.8 Å². The van der Waals surface area contributed by atoms with Gasteiger partial charge >= 0.3 is 0 Å². The molecule has 0 unspecified atom stereocenters. The summed E-state index contributed by atoms with van der Waals surface area (Å²) >= 11 is 0. The Kier molecular flexibility index (Phi) is 4.92. The standard InChI is InChI=1S/C22H25N5/c1-17-8-9-20(18(2)16-17)24-22-23-11-10-21(25-22)27-14-12-26(13-15-27)19-6-4-3-5-7-19/h3-11,16H,12-15H2,1-2H3,(H,23,24,25). The van der Waals surface area contributed by atoms with Crippen molar-refractivity contribution in [1.82, 2.24) is 9.97 Å². The molecule has 1 aliphatic heterocycles. The maximum atomic E-state index is 4.74. The molecule has 0 aliphatic carbocycles. The second-order valence-corrected chi connectivity index (χ2v) is 6.99. The Morgan fingerprint density at radius 2 is 1.59 bits per heavy atom. The third kappa shape index (κ3) is 4.03. The van der Waals surface area contributed by atoms with Crippen molar-refractivity contribution in [2.24, 2.45) is 0 Å². The lowest BCUT2D eigenvalue weighted by atomic mass is 10.1. The summed E-state index contributed by atoms with van der Waals surface area (Å²) in [5, 5.41) is 3.35. The van der Waals surface area contributed by atoms with Gasteiger partial charge in [0, 0.05) is 43.8 Å². The normalized spacial score (nSPS) is 14.3. The van der Waals surface area contributed by atoms with E-state index < -0.39 is 0 Å². The number of aryl methyl sites for hydroxylation is 2. The van der Waals surface area contributed by atoms with Crippen molar-refractivity contribution < 1.29 is 0 Å². The number of hydrogen-bond acceptors (Lipinski definition) is 5. The van der Waals surface area contributed by atoms with Gasteiger partial charge in [-0.15, -0.1) is 0 Å². The van der Waals surface area contributed by atoms with Crippen molar-refractivity contribution in [3.05, 3.63) is 71.9 Å². The van der Waals surface area contributed by atoms with Crippen LogP contribution < -0.4 is 15.1 Å². The number of benzene rings is 2. The third-order valence-corrected chi connectivity index (χ3v) is 4.99. The van der Waals surface area contributed by atoms with Crippen LogP contribution in [0.1, 0.15) is 11.1 Å². The summed E-state index contributed by atoms with van der Waals surface area (Å²) in [6.45, 7) is 8.09. The fourth-order valence-corrected chi connectivity index (χ4v) is 3.49. The molecule has 27 heavy (non-hydrogen) atoms. The van der Waals surface area contributed by atoms with Crippen LogP contribution in [0.2, 0.25) is 0 Å². The van der Waals surface area contributed by atoms with E-state index in [-0.39, 0.29) is 0 Å². The lowest BCUT2D eigenvalue weighted by Gasteiger charge is -2.36. The lowest BCUT2D eigenvalue weighted by Crippen LogP contribution is -2.46. The van der Waals surface area contributed by atoms with E-state index in [2.05, 4.69) is 82.5 Å². The monoisotopic (exact) mass is 359 g/mol. The molecule has 0 saturated carbocycles. The van der Waals surface area contributed by atoms with Gasteiger partial charge in [-0.25, -0.2) is 4.98 Å². The predicted octanol–water partition coefficient (Wildman–Crippen LogP) is 4.16. The minimum Gasteiger partial charge on any atom is -0.368 e. The number of rotatable bonds is 4. The molecule has 4 rings (SSSR count). The Labute approximate surface area is 160 Å². The second-order valence-electron chi connectivity index (χ2n) is 6.99. The van der Waals surface area contributed by atoms with Crippen molar-refractivity contribution in [2.45, 2.75) is 13.8 Å². The van der Waals surface area contributed by atoms with Crippen LogP contribution in [-0.2, 0) is 0 Å². The summed E-state index contributed by atoms with van der Waals surface area (Å²) < 4.78 is 0. The zero-order valence-corrected chi connectivity index (χ0v) is 15.9. The van der Waals surface area contributed by atoms with E-state index in [0.717, 1.165) is 37.7 Å². The molecule has 0 spiro atoms. The van der Waals surface area contributed by atoms with Gasteiger partial charge in [0.15, 0.2) is 0 Å². The number of aromatic nitrogens is 2. The largest absolute Gasteiger partial charge is 0.368 e. The first-order valence-corrected chi connectivity index (χ1v) is 9.41. The average Bonchev–Trinajstić information content (AvgIpc) is 2.71. The van der Waals surface area contributed by atoms with Crippen LogP contribution in [0, 0.1) is 13.8 Å². The van der Waals surface area contributed by atoms with Crippen LogP contribution in [0.5, 0.6) is 0 Å². The van der Waals surface area contributed by atoms with Gasteiger partial charge in [-0.05, 0) is 43.7 Å². The molecule has 1 N–H and O–H groups in total. The smallest absolute Gasteiger partial charge is 0.229 e. The topological polar surface area (TPSA) is 44.3 Å². The van der Waals surface area contributed by atoms with Crippen molar-refractivity contribution in [3.63, 3.8) is 0 Å². The molecule has 5 nitrogen and oxygen atoms in total. The molecule has 1 saturated heterocycles. The molecule has 2 heterocycles. The Bertz CT molecular complexity index is 902. The zero-order valence-electron chi connectivity index (χ0n) is 15.9. The van der Waals surface area contributed by atoms with Crippen LogP contribution in [0.3, 0.4) is 0 Å². The van der Waals surface area contributed by atoms with Crippen LogP contribution in [-0.4, -0.2) is 36.1 Å². The maximum absolute atomic E-state index is 4.74. The lowest BCUT2D eigenvalue weighted by molar-refractivity contribution is 0.647. The van der Waals surface area contributed by atoms with E-state index in [4.69, 9.17) is 4.98 Å². The van der Waals surface area contributed by atoms with Gasteiger partial charge in [0.05, 0.1) is 0 Å². The summed E-state index contributed by atoms with van der Waals surface area (Å²) in [5.74, 6) is 1.62. The minimum absolute atomic E-state index is 0.643. The highest BCUT2D eigenvalue weighted by Gasteiger charge is 2.18. The van der Waals surface area contributed by atoms with Gasteiger partial charge in [0.1, 0.15) is 5.82 Å². The van der Waals surface area contributed by atoms with Gasteiger partial charge in [0.25, 0.3) is 0 Å². The molecule has 1 fully saturated rings. The van der Waals surface area contributed by atoms with Crippen molar-refractivity contribution in [1.29, 1.82) is 0 Å². The average molecular weight is 359 g/mol. The molecular formula is C22H25N5. The summed E-state index contributed by atoms with van der Waals surface area (Å²) in [7, 11) is 0. The van der Waals surface area contributed by atoms with E-state index in [1.807, 2.05) is 12.3 Å². The highest BCUT2D eigenvalue weighted by molar-refractivity contribution is 5.60. The molecule has 1 aromatic heterocycles. The van der Waals surface area contributed by atoms with Crippen LogP contribution in [0.4, 0.5) is 23.1 Å². The van der Waals surface area contributed by atoms with Crippen molar-refractivity contribution in [3.8, 4) is 0 Å². The van der Waals surface area contributed by atoms with Crippen molar-refractivity contribution in [2.75, 3.05) is 41.3 Å². The van der Waals surface area contributed by atoms with Crippen molar-refractivity contribution >= 4 is 23.1 Å². The van der Waals surface area contributed by atoms with E-state index >= 15 is 0 Å². The van der Waals surface area contributed by atoms with Gasteiger partial charge in [-0.2, -0.15) is 4.98 Å². The molecule has 0 atom stereocenters. The first-order valence-electron chi connectivity index (χ1n) is 9.41. The Hall–Kier alpha value is -3.08.